The molecule has 1 aromatic carbocycles. The Balaban J connectivity index is 2.39. The van der Waals surface area contributed by atoms with Gasteiger partial charge in [-0.2, -0.15) is 0 Å². The molecule has 1 nitrogen and oxygen atoms in total. The molecule has 0 saturated heterocycles. The minimum absolute atomic E-state index is 0.712. The molecule has 1 atom stereocenters. The fourth-order valence-corrected chi connectivity index (χ4v) is 3.81. The molecule has 0 aromatic heterocycles. The lowest BCUT2D eigenvalue weighted by Gasteiger charge is -2.14. The summed E-state index contributed by atoms with van der Waals surface area (Å²) in [5, 5.41) is 1.48. The van der Waals surface area contributed by atoms with Crippen LogP contribution in [-0.4, -0.2) is 0 Å². The van der Waals surface area contributed by atoms with Crippen LogP contribution in [0.4, 0.5) is 0 Å². The summed E-state index contributed by atoms with van der Waals surface area (Å²) in [5.74, 6) is 0. The van der Waals surface area contributed by atoms with Crippen molar-refractivity contribution in [3.05, 3.63) is 53.9 Å². The minimum Gasteiger partial charge on any atom is -0.296 e. The molecule has 78 valence electrons. The van der Waals surface area contributed by atoms with Gasteiger partial charge in [0.1, 0.15) is 0 Å². The maximum Gasteiger partial charge on any atom is 0.225 e. The van der Waals surface area contributed by atoms with E-state index in [9.17, 15) is 4.57 Å². The maximum atomic E-state index is 12.4. The smallest absolute Gasteiger partial charge is 0.225 e. The van der Waals surface area contributed by atoms with Gasteiger partial charge in [0.05, 0.1) is 0 Å². The van der Waals surface area contributed by atoms with Crippen molar-refractivity contribution < 1.29 is 4.57 Å². The molecule has 0 bridgehead atoms. The van der Waals surface area contributed by atoms with Crippen molar-refractivity contribution in [2.45, 2.75) is 12.8 Å². The molecule has 0 aliphatic heterocycles. The van der Waals surface area contributed by atoms with E-state index in [2.05, 4.69) is 0 Å². The summed E-state index contributed by atoms with van der Waals surface area (Å²) in [6, 6.07) is 9.24. The first-order valence-electron chi connectivity index (χ1n) is 4.94. The predicted molar refractivity (Wildman–Crippen MR) is 66.0 cm³/mol. The molecule has 0 fully saturated rings. The molecule has 1 unspecified atom stereocenters. The number of hydrogen-bond donors (Lipinski definition) is 0. The van der Waals surface area contributed by atoms with Crippen LogP contribution in [0.3, 0.4) is 0 Å². The largest absolute Gasteiger partial charge is 0.296 e. The number of halogens is 1. The Hall–Kier alpha value is -0.780. The van der Waals surface area contributed by atoms with Crippen LogP contribution < -0.4 is 5.30 Å². The van der Waals surface area contributed by atoms with Crippen molar-refractivity contribution in [1.29, 1.82) is 0 Å². The van der Waals surface area contributed by atoms with Crippen LogP contribution in [-0.2, 0) is 4.57 Å². The summed E-state index contributed by atoms with van der Waals surface area (Å²) in [7, 11) is 0. The Morgan fingerprint density at radius 2 is 1.87 bits per heavy atom. The number of hydrogen-bond acceptors (Lipinski definition) is 1. The fraction of sp³-hybridized carbons (Fsp3) is 0.167. The van der Waals surface area contributed by atoms with Gasteiger partial charge in [-0.15, -0.1) is 0 Å². The van der Waals surface area contributed by atoms with Gasteiger partial charge < -0.3 is 0 Å². The highest BCUT2D eigenvalue weighted by molar-refractivity contribution is 7.98. The highest BCUT2D eigenvalue weighted by Gasteiger charge is 2.25. The Morgan fingerprint density at radius 3 is 2.47 bits per heavy atom. The lowest BCUT2D eigenvalue weighted by molar-refractivity contribution is 0.593. The van der Waals surface area contributed by atoms with Gasteiger partial charge in [-0.3, -0.25) is 4.57 Å². The second kappa shape index (κ2) is 4.38. The zero-order valence-corrected chi connectivity index (χ0v) is 9.92. The van der Waals surface area contributed by atoms with Crippen LogP contribution >= 0.6 is 17.7 Å². The molecule has 0 heterocycles. The first-order chi connectivity index (χ1) is 7.21. The maximum absolute atomic E-state index is 12.4. The van der Waals surface area contributed by atoms with E-state index in [1.54, 1.807) is 0 Å². The zero-order chi connectivity index (χ0) is 10.7. The number of rotatable bonds is 2. The van der Waals surface area contributed by atoms with E-state index in [1.807, 2.05) is 48.6 Å². The van der Waals surface area contributed by atoms with Crippen LogP contribution in [0.5, 0.6) is 0 Å². The molecule has 0 N–H and O–H groups in total. The third-order valence-electron chi connectivity index (χ3n) is 2.40. The van der Waals surface area contributed by atoms with Crippen molar-refractivity contribution >= 4 is 23.0 Å². The zero-order valence-electron chi connectivity index (χ0n) is 8.27. The fourth-order valence-electron chi connectivity index (χ4n) is 1.58. The normalized spacial score (nSPS) is 19.4. The van der Waals surface area contributed by atoms with Crippen LogP contribution in [0.25, 0.3) is 0 Å². The third-order valence-corrected chi connectivity index (χ3v) is 5.53. The lowest BCUT2D eigenvalue weighted by atomic mass is 10.2. The Bertz CT molecular complexity index is 448. The van der Waals surface area contributed by atoms with Crippen LogP contribution in [0.2, 0.25) is 0 Å². The van der Waals surface area contributed by atoms with Crippen molar-refractivity contribution in [3.8, 4) is 0 Å². The third kappa shape index (κ3) is 2.25. The Labute approximate surface area is 94.6 Å². The van der Waals surface area contributed by atoms with Crippen molar-refractivity contribution in [2.24, 2.45) is 0 Å². The van der Waals surface area contributed by atoms with Crippen LogP contribution in [0.15, 0.2) is 53.9 Å². The van der Waals surface area contributed by atoms with E-state index in [1.165, 1.54) is 0 Å². The summed E-state index contributed by atoms with van der Waals surface area (Å²) in [5.41, 5.74) is 0. The molecule has 3 heteroatoms. The first kappa shape index (κ1) is 10.7. The molecule has 1 aliphatic carbocycles. The van der Waals surface area contributed by atoms with Crippen molar-refractivity contribution in [3.63, 3.8) is 0 Å². The second-order valence-electron chi connectivity index (χ2n) is 3.48. The Morgan fingerprint density at radius 1 is 1.13 bits per heavy atom. The van der Waals surface area contributed by atoms with Gasteiger partial charge in [0.2, 0.25) is 6.49 Å². The monoisotopic (exact) mass is 238 g/mol. The van der Waals surface area contributed by atoms with Crippen LogP contribution in [0.1, 0.15) is 12.8 Å². The average Bonchev–Trinajstić information content (AvgIpc) is 2.31. The van der Waals surface area contributed by atoms with Gasteiger partial charge in [-0.25, -0.2) is 0 Å². The number of allylic oxidation sites excluding steroid dienone is 4. The summed E-state index contributed by atoms with van der Waals surface area (Å²) < 4.78 is 12.4. The average molecular weight is 239 g/mol. The van der Waals surface area contributed by atoms with Gasteiger partial charge >= 0.3 is 0 Å². The summed E-state index contributed by atoms with van der Waals surface area (Å²) in [6.07, 6.45) is 7.81. The molecular formula is C12H12ClOP. The minimum atomic E-state index is -2.87. The molecule has 0 amide bonds. The van der Waals surface area contributed by atoms with E-state index in [0.29, 0.717) is 5.30 Å². The van der Waals surface area contributed by atoms with E-state index in [0.717, 1.165) is 18.2 Å². The summed E-state index contributed by atoms with van der Waals surface area (Å²) in [6.45, 7) is -2.87. The standard InChI is InChI=1S/C12H12ClOP/c13-15(14,11-7-3-1-4-8-11)12-9-5-2-6-10-12/h1,3-5,7-10H,2,6H2. The van der Waals surface area contributed by atoms with Crippen LogP contribution in [0, 0.1) is 0 Å². The number of benzene rings is 1. The molecule has 0 spiro atoms. The quantitative estimate of drug-likeness (QED) is 0.710. The molecule has 0 radical (unpaired) electrons. The molecule has 15 heavy (non-hydrogen) atoms. The van der Waals surface area contributed by atoms with Crippen molar-refractivity contribution in [1.82, 2.24) is 0 Å². The topological polar surface area (TPSA) is 17.1 Å². The first-order valence-corrected chi connectivity index (χ1v) is 7.55. The molecule has 0 saturated carbocycles. The molecule has 2 rings (SSSR count). The lowest BCUT2D eigenvalue weighted by Crippen LogP contribution is -2.01. The van der Waals surface area contributed by atoms with Gasteiger partial charge in [0.15, 0.2) is 0 Å². The Kier molecular flexibility index (Phi) is 3.14. The summed E-state index contributed by atoms with van der Waals surface area (Å²) >= 11 is 6.18. The predicted octanol–water partition coefficient (Wildman–Crippen LogP) is 4.06. The van der Waals surface area contributed by atoms with Gasteiger partial charge in [0.25, 0.3) is 0 Å². The SMILES string of the molecule is O=P(Cl)(C1=CCCC=C1)c1ccccc1. The van der Waals surface area contributed by atoms with Gasteiger partial charge in [0, 0.05) is 10.6 Å². The molecular weight excluding hydrogens is 227 g/mol. The summed E-state index contributed by atoms with van der Waals surface area (Å²) in [4.78, 5) is 0. The van der Waals surface area contributed by atoms with E-state index >= 15 is 0 Å². The van der Waals surface area contributed by atoms with Gasteiger partial charge in [-0.1, -0.05) is 48.6 Å². The highest BCUT2D eigenvalue weighted by atomic mass is 35.7. The van der Waals surface area contributed by atoms with E-state index < -0.39 is 6.49 Å². The second-order valence-corrected chi connectivity index (χ2v) is 7.00. The van der Waals surface area contributed by atoms with Crippen molar-refractivity contribution in [2.75, 3.05) is 0 Å². The molecule has 1 aromatic rings. The molecule has 1 aliphatic rings. The highest BCUT2D eigenvalue weighted by Crippen LogP contribution is 2.58. The van der Waals surface area contributed by atoms with E-state index in [4.69, 9.17) is 11.2 Å². The van der Waals surface area contributed by atoms with Gasteiger partial charge in [-0.05, 0) is 24.1 Å². The van der Waals surface area contributed by atoms with E-state index in [-0.39, 0.29) is 0 Å².